The molecular formula is C16H12N2O. The van der Waals surface area contributed by atoms with Gasteiger partial charge in [-0.15, -0.1) is 0 Å². The number of carbonyl (C=O) groups is 1. The van der Waals surface area contributed by atoms with Crippen molar-refractivity contribution in [3.05, 3.63) is 65.9 Å². The van der Waals surface area contributed by atoms with Crippen molar-refractivity contribution in [2.75, 3.05) is 4.90 Å². The third kappa shape index (κ3) is 1.41. The minimum Gasteiger partial charge on any atom is -0.350 e. The van der Waals surface area contributed by atoms with Gasteiger partial charge in [-0.25, -0.2) is 0 Å². The van der Waals surface area contributed by atoms with Crippen LogP contribution in [0.1, 0.15) is 16.1 Å². The molecule has 0 spiro atoms. The number of aromatic amines is 1. The van der Waals surface area contributed by atoms with Crippen molar-refractivity contribution >= 4 is 22.5 Å². The summed E-state index contributed by atoms with van der Waals surface area (Å²) in [6.07, 6.45) is 0. The van der Waals surface area contributed by atoms with Gasteiger partial charge in [-0.3, -0.25) is 4.79 Å². The molecule has 0 bridgehead atoms. The standard InChI is InChI=1S/C16H12N2O/c19-16-15-13(12-8-4-5-9-14(12)17-15)10-18(16)11-6-2-1-3-7-11/h1-9,17H,10H2. The number of benzene rings is 2. The van der Waals surface area contributed by atoms with Crippen LogP contribution in [0.5, 0.6) is 0 Å². The van der Waals surface area contributed by atoms with Gasteiger partial charge in [0, 0.05) is 22.2 Å². The first-order valence-corrected chi connectivity index (χ1v) is 6.31. The molecule has 2 heterocycles. The Morgan fingerprint density at radius 2 is 1.68 bits per heavy atom. The molecule has 4 rings (SSSR count). The summed E-state index contributed by atoms with van der Waals surface area (Å²) in [5.74, 6) is 0.0531. The third-order valence-corrected chi connectivity index (χ3v) is 3.66. The third-order valence-electron chi connectivity index (χ3n) is 3.66. The van der Waals surface area contributed by atoms with Crippen LogP contribution in [0.2, 0.25) is 0 Å². The maximum atomic E-state index is 12.5. The van der Waals surface area contributed by atoms with Crippen LogP contribution in [-0.2, 0) is 6.54 Å². The number of hydrogen-bond donors (Lipinski definition) is 1. The monoisotopic (exact) mass is 248 g/mol. The van der Waals surface area contributed by atoms with Gasteiger partial charge in [-0.2, -0.15) is 0 Å². The van der Waals surface area contributed by atoms with Crippen LogP contribution in [0, 0.1) is 0 Å². The van der Waals surface area contributed by atoms with Crippen LogP contribution >= 0.6 is 0 Å². The molecule has 3 aromatic rings. The molecule has 0 radical (unpaired) electrons. The summed E-state index contributed by atoms with van der Waals surface area (Å²) >= 11 is 0. The van der Waals surface area contributed by atoms with Crippen LogP contribution in [0.3, 0.4) is 0 Å². The molecule has 0 saturated carbocycles. The number of carbonyl (C=O) groups excluding carboxylic acids is 1. The second kappa shape index (κ2) is 3.72. The molecule has 0 atom stereocenters. The number of fused-ring (bicyclic) bond motifs is 3. The molecule has 92 valence electrons. The predicted octanol–water partition coefficient (Wildman–Crippen LogP) is 3.33. The van der Waals surface area contributed by atoms with Crippen LogP contribution < -0.4 is 4.90 Å². The molecule has 1 aromatic heterocycles. The SMILES string of the molecule is O=C1c2[nH]c3ccccc3c2CN1c1ccccc1. The summed E-state index contributed by atoms with van der Waals surface area (Å²) in [7, 11) is 0. The molecule has 0 saturated heterocycles. The number of H-pyrrole nitrogens is 1. The van der Waals surface area contributed by atoms with Gasteiger partial charge in [0.05, 0.1) is 6.54 Å². The number of nitrogens with one attached hydrogen (secondary N) is 1. The Hall–Kier alpha value is -2.55. The summed E-state index contributed by atoms with van der Waals surface area (Å²) in [4.78, 5) is 17.5. The summed E-state index contributed by atoms with van der Waals surface area (Å²) in [5, 5.41) is 1.14. The van der Waals surface area contributed by atoms with Crippen LogP contribution in [0.4, 0.5) is 5.69 Å². The Morgan fingerprint density at radius 1 is 0.947 bits per heavy atom. The van der Waals surface area contributed by atoms with E-state index in [-0.39, 0.29) is 5.91 Å². The van der Waals surface area contributed by atoms with E-state index in [0.717, 1.165) is 27.8 Å². The van der Waals surface area contributed by atoms with Crippen molar-refractivity contribution in [1.82, 2.24) is 4.98 Å². The van der Waals surface area contributed by atoms with E-state index in [4.69, 9.17) is 0 Å². The van der Waals surface area contributed by atoms with E-state index in [1.807, 2.05) is 53.4 Å². The van der Waals surface area contributed by atoms with E-state index in [1.54, 1.807) is 0 Å². The highest BCUT2D eigenvalue weighted by Gasteiger charge is 2.31. The molecule has 1 aliphatic rings. The van der Waals surface area contributed by atoms with Crippen LogP contribution in [0.25, 0.3) is 10.9 Å². The molecule has 3 heteroatoms. The highest BCUT2D eigenvalue weighted by molar-refractivity contribution is 6.12. The molecule has 19 heavy (non-hydrogen) atoms. The zero-order valence-electron chi connectivity index (χ0n) is 10.3. The topological polar surface area (TPSA) is 36.1 Å². The predicted molar refractivity (Wildman–Crippen MR) is 75.3 cm³/mol. The molecule has 1 amide bonds. The minimum absolute atomic E-state index is 0.0531. The van der Waals surface area contributed by atoms with E-state index in [2.05, 4.69) is 11.1 Å². The van der Waals surface area contributed by atoms with Crippen molar-refractivity contribution in [3.8, 4) is 0 Å². The molecule has 0 fully saturated rings. The lowest BCUT2D eigenvalue weighted by molar-refractivity contribution is 0.0993. The maximum Gasteiger partial charge on any atom is 0.275 e. The fourth-order valence-corrected chi connectivity index (χ4v) is 2.73. The lowest BCUT2D eigenvalue weighted by Gasteiger charge is -2.15. The summed E-state index contributed by atoms with van der Waals surface area (Å²) in [6.45, 7) is 0.641. The van der Waals surface area contributed by atoms with E-state index >= 15 is 0 Å². The first-order valence-electron chi connectivity index (χ1n) is 6.31. The Morgan fingerprint density at radius 3 is 2.53 bits per heavy atom. The van der Waals surface area contributed by atoms with Gasteiger partial charge >= 0.3 is 0 Å². The Bertz CT molecular complexity index is 774. The van der Waals surface area contributed by atoms with Crippen molar-refractivity contribution in [2.24, 2.45) is 0 Å². The molecule has 2 aromatic carbocycles. The number of rotatable bonds is 1. The molecule has 1 aliphatic heterocycles. The molecule has 0 aliphatic carbocycles. The van der Waals surface area contributed by atoms with Crippen molar-refractivity contribution in [2.45, 2.75) is 6.54 Å². The Kier molecular flexibility index (Phi) is 2.03. The number of para-hydroxylation sites is 2. The van der Waals surface area contributed by atoms with Gasteiger partial charge in [-0.1, -0.05) is 36.4 Å². The van der Waals surface area contributed by atoms with E-state index in [9.17, 15) is 4.79 Å². The highest BCUT2D eigenvalue weighted by Crippen LogP contribution is 2.32. The summed E-state index contributed by atoms with van der Waals surface area (Å²) in [6, 6.07) is 17.8. The lowest BCUT2D eigenvalue weighted by Crippen LogP contribution is -2.23. The fraction of sp³-hybridized carbons (Fsp3) is 0.0625. The number of hydrogen-bond acceptors (Lipinski definition) is 1. The van der Waals surface area contributed by atoms with Crippen LogP contribution in [0.15, 0.2) is 54.6 Å². The van der Waals surface area contributed by atoms with Gasteiger partial charge < -0.3 is 9.88 Å². The first-order chi connectivity index (χ1) is 9.34. The minimum atomic E-state index is 0.0531. The fourth-order valence-electron chi connectivity index (χ4n) is 2.73. The maximum absolute atomic E-state index is 12.5. The number of aromatic nitrogens is 1. The number of nitrogens with zero attached hydrogens (tertiary/aromatic N) is 1. The van der Waals surface area contributed by atoms with E-state index in [1.165, 1.54) is 0 Å². The first kappa shape index (κ1) is 10.4. The molecule has 1 N–H and O–H groups in total. The molecular weight excluding hydrogens is 236 g/mol. The normalized spacial score (nSPS) is 14.1. The van der Waals surface area contributed by atoms with Gasteiger partial charge in [0.1, 0.15) is 5.69 Å². The Labute approximate surface area is 110 Å². The van der Waals surface area contributed by atoms with Crippen molar-refractivity contribution < 1.29 is 4.79 Å². The van der Waals surface area contributed by atoms with Crippen molar-refractivity contribution in [3.63, 3.8) is 0 Å². The summed E-state index contributed by atoms with van der Waals surface area (Å²) < 4.78 is 0. The van der Waals surface area contributed by atoms with E-state index in [0.29, 0.717) is 6.54 Å². The molecule has 0 unspecified atom stereocenters. The zero-order valence-corrected chi connectivity index (χ0v) is 10.3. The van der Waals surface area contributed by atoms with Gasteiger partial charge in [0.15, 0.2) is 0 Å². The van der Waals surface area contributed by atoms with Crippen LogP contribution in [-0.4, -0.2) is 10.9 Å². The second-order valence-electron chi connectivity index (χ2n) is 4.75. The van der Waals surface area contributed by atoms with Gasteiger partial charge in [-0.05, 0) is 18.2 Å². The quantitative estimate of drug-likeness (QED) is 0.704. The lowest BCUT2D eigenvalue weighted by atomic mass is 10.1. The Balaban J connectivity index is 1.85. The summed E-state index contributed by atoms with van der Waals surface area (Å²) in [5.41, 5.74) is 3.81. The average Bonchev–Trinajstić information content (AvgIpc) is 2.98. The van der Waals surface area contributed by atoms with Crippen molar-refractivity contribution in [1.29, 1.82) is 0 Å². The highest BCUT2D eigenvalue weighted by atomic mass is 16.2. The molecule has 3 nitrogen and oxygen atoms in total. The zero-order chi connectivity index (χ0) is 12.8. The second-order valence-corrected chi connectivity index (χ2v) is 4.75. The van der Waals surface area contributed by atoms with E-state index < -0.39 is 0 Å². The smallest absolute Gasteiger partial charge is 0.275 e. The number of amides is 1. The van der Waals surface area contributed by atoms with Gasteiger partial charge in [0.25, 0.3) is 5.91 Å². The average molecular weight is 248 g/mol. The van der Waals surface area contributed by atoms with Gasteiger partial charge in [0.2, 0.25) is 0 Å². The number of anilines is 1. The largest absolute Gasteiger partial charge is 0.350 e.